The molecule has 0 amide bonds. The zero-order valence-corrected chi connectivity index (χ0v) is 8.50. The van der Waals surface area contributed by atoms with Crippen molar-refractivity contribution in [1.82, 2.24) is 10.2 Å². The highest BCUT2D eigenvalue weighted by molar-refractivity contribution is 4.98. The monoisotopic (exact) mass is 180 g/mol. The second-order valence-corrected chi connectivity index (χ2v) is 4.55. The number of rotatable bonds is 4. The standard InChI is InChI=1S/C11H20N2/c1-3-6-13(2)8-9-7-10-4-5-11(9)12-10/h3,9-12H,1,4-8H2,2H3. The van der Waals surface area contributed by atoms with Crippen molar-refractivity contribution >= 4 is 0 Å². The van der Waals surface area contributed by atoms with Crippen molar-refractivity contribution in [3.8, 4) is 0 Å². The highest BCUT2D eigenvalue weighted by Gasteiger charge is 2.38. The Kier molecular flexibility index (Phi) is 2.70. The molecule has 0 spiro atoms. The smallest absolute Gasteiger partial charge is 0.0157 e. The Morgan fingerprint density at radius 3 is 2.92 bits per heavy atom. The van der Waals surface area contributed by atoms with Crippen LogP contribution in [0.2, 0.25) is 0 Å². The molecule has 0 aromatic heterocycles. The van der Waals surface area contributed by atoms with Crippen LogP contribution in [0.5, 0.6) is 0 Å². The van der Waals surface area contributed by atoms with E-state index in [1.54, 1.807) is 0 Å². The molecule has 3 unspecified atom stereocenters. The molecule has 3 atom stereocenters. The summed E-state index contributed by atoms with van der Waals surface area (Å²) in [7, 11) is 2.19. The molecule has 0 aromatic carbocycles. The lowest BCUT2D eigenvalue weighted by molar-refractivity contribution is 0.267. The minimum absolute atomic E-state index is 0.817. The summed E-state index contributed by atoms with van der Waals surface area (Å²) >= 11 is 0. The summed E-state index contributed by atoms with van der Waals surface area (Å²) < 4.78 is 0. The van der Waals surface area contributed by atoms with Crippen molar-refractivity contribution < 1.29 is 0 Å². The summed E-state index contributed by atoms with van der Waals surface area (Å²) in [5.41, 5.74) is 0. The lowest BCUT2D eigenvalue weighted by Gasteiger charge is -2.25. The largest absolute Gasteiger partial charge is 0.311 e. The molecule has 0 aliphatic carbocycles. The van der Waals surface area contributed by atoms with Crippen LogP contribution in [0.4, 0.5) is 0 Å². The predicted molar refractivity (Wildman–Crippen MR) is 55.7 cm³/mol. The Balaban J connectivity index is 1.79. The van der Waals surface area contributed by atoms with Gasteiger partial charge in [-0.2, -0.15) is 0 Å². The lowest BCUT2D eigenvalue weighted by atomic mass is 9.89. The summed E-state index contributed by atoms with van der Waals surface area (Å²) in [6, 6.07) is 1.66. The second-order valence-electron chi connectivity index (χ2n) is 4.55. The van der Waals surface area contributed by atoms with E-state index >= 15 is 0 Å². The summed E-state index contributed by atoms with van der Waals surface area (Å²) in [6.45, 7) is 6.02. The van der Waals surface area contributed by atoms with E-state index in [1.807, 2.05) is 6.08 Å². The van der Waals surface area contributed by atoms with Gasteiger partial charge in [-0.15, -0.1) is 6.58 Å². The lowest BCUT2D eigenvalue weighted by Crippen LogP contribution is -2.33. The van der Waals surface area contributed by atoms with Gasteiger partial charge < -0.3 is 10.2 Å². The van der Waals surface area contributed by atoms with Gasteiger partial charge in [0.1, 0.15) is 0 Å². The van der Waals surface area contributed by atoms with Crippen LogP contribution >= 0.6 is 0 Å². The average molecular weight is 180 g/mol. The van der Waals surface area contributed by atoms with Gasteiger partial charge in [0.15, 0.2) is 0 Å². The van der Waals surface area contributed by atoms with Crippen molar-refractivity contribution in [3.05, 3.63) is 12.7 Å². The van der Waals surface area contributed by atoms with E-state index in [0.29, 0.717) is 0 Å². The normalized spacial score (nSPS) is 37.2. The molecule has 0 radical (unpaired) electrons. The Morgan fingerprint density at radius 2 is 2.38 bits per heavy atom. The molecule has 0 aromatic rings. The van der Waals surface area contributed by atoms with E-state index in [-0.39, 0.29) is 0 Å². The second kappa shape index (κ2) is 3.81. The number of hydrogen-bond donors (Lipinski definition) is 1. The van der Waals surface area contributed by atoms with E-state index in [9.17, 15) is 0 Å². The molecule has 1 N–H and O–H groups in total. The van der Waals surface area contributed by atoms with Crippen molar-refractivity contribution in [2.75, 3.05) is 20.1 Å². The van der Waals surface area contributed by atoms with Crippen molar-refractivity contribution in [3.63, 3.8) is 0 Å². The van der Waals surface area contributed by atoms with E-state index in [2.05, 4.69) is 23.8 Å². The van der Waals surface area contributed by atoms with Gasteiger partial charge in [0.05, 0.1) is 0 Å². The molecule has 2 fully saturated rings. The van der Waals surface area contributed by atoms with Gasteiger partial charge in [-0.05, 0) is 32.2 Å². The Hall–Kier alpha value is -0.340. The number of nitrogens with one attached hydrogen (secondary N) is 1. The average Bonchev–Trinajstić information content (AvgIpc) is 2.65. The third kappa shape index (κ3) is 1.94. The number of nitrogens with zero attached hydrogens (tertiary/aromatic N) is 1. The van der Waals surface area contributed by atoms with Crippen molar-refractivity contribution in [2.45, 2.75) is 31.3 Å². The molecule has 74 valence electrons. The Labute approximate surface area is 81.0 Å². The maximum Gasteiger partial charge on any atom is 0.0157 e. The van der Waals surface area contributed by atoms with E-state index in [0.717, 1.165) is 24.5 Å². The molecular weight excluding hydrogens is 160 g/mol. The number of likely N-dealkylation sites (N-methyl/N-ethyl adjacent to an activating group) is 1. The molecule has 2 nitrogen and oxygen atoms in total. The zero-order valence-electron chi connectivity index (χ0n) is 8.50. The first-order chi connectivity index (χ1) is 6.29. The molecule has 13 heavy (non-hydrogen) atoms. The van der Waals surface area contributed by atoms with Crippen LogP contribution in [0.3, 0.4) is 0 Å². The van der Waals surface area contributed by atoms with Crippen LogP contribution in [0.15, 0.2) is 12.7 Å². The van der Waals surface area contributed by atoms with Crippen molar-refractivity contribution in [1.29, 1.82) is 0 Å². The molecule has 2 aliphatic rings. The summed E-state index contributed by atoms with van der Waals surface area (Å²) in [4.78, 5) is 2.38. The van der Waals surface area contributed by atoms with Crippen LogP contribution in [-0.4, -0.2) is 37.1 Å². The van der Waals surface area contributed by atoms with Crippen LogP contribution < -0.4 is 5.32 Å². The first kappa shape index (κ1) is 9.22. The van der Waals surface area contributed by atoms with Crippen LogP contribution in [0.25, 0.3) is 0 Å². The Bertz CT molecular complexity index is 191. The summed E-state index contributed by atoms with van der Waals surface area (Å²) in [6.07, 6.45) is 6.19. The third-order valence-corrected chi connectivity index (χ3v) is 3.42. The van der Waals surface area contributed by atoms with E-state index < -0.39 is 0 Å². The van der Waals surface area contributed by atoms with Gasteiger partial charge in [-0.25, -0.2) is 0 Å². The van der Waals surface area contributed by atoms with Crippen LogP contribution in [-0.2, 0) is 0 Å². The molecule has 0 saturated carbocycles. The molecular formula is C11H20N2. The van der Waals surface area contributed by atoms with Gasteiger partial charge in [-0.1, -0.05) is 6.08 Å². The SMILES string of the molecule is C=CCN(C)CC1CC2CCC1N2. The molecule has 2 rings (SSSR count). The topological polar surface area (TPSA) is 15.3 Å². The summed E-state index contributed by atoms with van der Waals surface area (Å²) in [5, 5.41) is 3.67. The first-order valence-corrected chi connectivity index (χ1v) is 5.35. The van der Waals surface area contributed by atoms with E-state index in [1.165, 1.54) is 25.8 Å². The quantitative estimate of drug-likeness (QED) is 0.655. The highest BCUT2D eigenvalue weighted by Crippen LogP contribution is 2.33. The minimum Gasteiger partial charge on any atom is -0.311 e. The van der Waals surface area contributed by atoms with Crippen LogP contribution in [0.1, 0.15) is 19.3 Å². The Morgan fingerprint density at radius 1 is 1.54 bits per heavy atom. The fraction of sp³-hybridized carbons (Fsp3) is 0.818. The molecule has 2 aliphatic heterocycles. The predicted octanol–water partition coefficient (Wildman–Crippen LogP) is 1.24. The maximum atomic E-state index is 3.77. The molecule has 2 saturated heterocycles. The summed E-state index contributed by atoms with van der Waals surface area (Å²) in [5.74, 6) is 0.892. The fourth-order valence-corrected chi connectivity index (χ4v) is 2.83. The van der Waals surface area contributed by atoms with Gasteiger partial charge >= 0.3 is 0 Å². The number of fused-ring (bicyclic) bond motifs is 2. The van der Waals surface area contributed by atoms with Gasteiger partial charge in [-0.3, -0.25) is 0 Å². The van der Waals surface area contributed by atoms with Crippen LogP contribution in [0, 0.1) is 5.92 Å². The van der Waals surface area contributed by atoms with E-state index in [4.69, 9.17) is 0 Å². The fourth-order valence-electron chi connectivity index (χ4n) is 2.83. The maximum absolute atomic E-state index is 3.77. The highest BCUT2D eigenvalue weighted by atomic mass is 15.1. The van der Waals surface area contributed by atoms with Gasteiger partial charge in [0.2, 0.25) is 0 Å². The zero-order chi connectivity index (χ0) is 9.26. The van der Waals surface area contributed by atoms with Gasteiger partial charge in [0.25, 0.3) is 0 Å². The molecule has 2 heteroatoms. The van der Waals surface area contributed by atoms with Crippen molar-refractivity contribution in [2.24, 2.45) is 5.92 Å². The molecule has 2 heterocycles. The minimum atomic E-state index is 0.817. The molecule has 2 bridgehead atoms. The van der Waals surface area contributed by atoms with Gasteiger partial charge in [0, 0.05) is 25.2 Å². The third-order valence-electron chi connectivity index (χ3n) is 3.42. The number of hydrogen-bond acceptors (Lipinski definition) is 2. The first-order valence-electron chi connectivity index (χ1n) is 5.35.